The van der Waals surface area contributed by atoms with E-state index in [9.17, 15) is 18.0 Å². The van der Waals surface area contributed by atoms with Gasteiger partial charge in [-0.1, -0.05) is 6.07 Å². The molecule has 1 amide bonds. The van der Waals surface area contributed by atoms with Gasteiger partial charge in [0.2, 0.25) is 0 Å². The van der Waals surface area contributed by atoms with E-state index in [1.807, 2.05) is 34.3 Å². The Bertz CT molecular complexity index is 763. The summed E-state index contributed by atoms with van der Waals surface area (Å²) in [5, 5.41) is 8.59. The van der Waals surface area contributed by atoms with E-state index in [0.29, 0.717) is 0 Å². The number of rotatable bonds is 4. The molecular formula is C16H11F3N2OS2. The van der Waals surface area contributed by atoms with Crippen molar-refractivity contribution < 1.29 is 18.0 Å². The van der Waals surface area contributed by atoms with Gasteiger partial charge in [0, 0.05) is 11.1 Å². The zero-order valence-electron chi connectivity index (χ0n) is 12.1. The third-order valence-corrected chi connectivity index (χ3v) is 4.93. The summed E-state index contributed by atoms with van der Waals surface area (Å²) in [5.74, 6) is -0.471. The smallest absolute Gasteiger partial charge is 0.340 e. The van der Waals surface area contributed by atoms with E-state index in [2.05, 4.69) is 10.3 Å². The molecule has 0 aromatic carbocycles. The van der Waals surface area contributed by atoms with Crippen LogP contribution in [0.25, 0.3) is 0 Å². The Kier molecular flexibility index (Phi) is 4.68. The first kappa shape index (κ1) is 16.7. The Morgan fingerprint density at radius 1 is 1.17 bits per heavy atom. The van der Waals surface area contributed by atoms with Crippen LogP contribution in [0.5, 0.6) is 0 Å². The number of thiophene rings is 2. The molecule has 1 atom stereocenters. The number of carbonyl (C=O) groups is 1. The van der Waals surface area contributed by atoms with E-state index < -0.39 is 17.8 Å². The first-order valence-corrected chi connectivity index (χ1v) is 8.67. The van der Waals surface area contributed by atoms with Crippen LogP contribution >= 0.6 is 22.7 Å². The van der Waals surface area contributed by atoms with Gasteiger partial charge in [-0.05, 0) is 46.0 Å². The fourth-order valence-electron chi connectivity index (χ4n) is 2.12. The van der Waals surface area contributed by atoms with Gasteiger partial charge in [0.1, 0.15) is 5.69 Å². The Morgan fingerprint density at radius 3 is 2.54 bits per heavy atom. The fourth-order valence-corrected chi connectivity index (χ4v) is 3.61. The molecule has 0 radical (unpaired) electrons. The molecule has 0 aliphatic heterocycles. The number of alkyl halides is 3. The average Bonchev–Trinajstić information content (AvgIpc) is 3.25. The van der Waals surface area contributed by atoms with E-state index >= 15 is 0 Å². The summed E-state index contributed by atoms with van der Waals surface area (Å²) in [4.78, 5) is 16.7. The molecular weight excluding hydrogens is 357 g/mol. The summed E-state index contributed by atoms with van der Waals surface area (Å²) in [7, 11) is 0. The maximum Gasteiger partial charge on any atom is 0.433 e. The number of hydrogen-bond donors (Lipinski definition) is 1. The van der Waals surface area contributed by atoms with Gasteiger partial charge in [-0.3, -0.25) is 9.78 Å². The van der Waals surface area contributed by atoms with E-state index in [1.165, 1.54) is 22.7 Å². The van der Waals surface area contributed by atoms with Crippen LogP contribution in [0.3, 0.4) is 0 Å². The lowest BCUT2D eigenvalue weighted by atomic mass is 10.1. The minimum Gasteiger partial charge on any atom is -0.340 e. The fraction of sp³-hybridized carbons (Fsp3) is 0.125. The van der Waals surface area contributed by atoms with Gasteiger partial charge >= 0.3 is 6.18 Å². The first-order chi connectivity index (χ1) is 11.4. The molecule has 0 aliphatic rings. The average molecular weight is 368 g/mol. The zero-order valence-corrected chi connectivity index (χ0v) is 13.7. The standard InChI is InChI=1S/C16H11F3N2OS2/c17-16(18,19)13-4-3-10(8-20-13)15(22)21-14(11-5-7-23-9-11)12-2-1-6-24-12/h1-9,14H,(H,21,22)/t14-/m1/s1. The number of nitrogens with zero attached hydrogens (tertiary/aromatic N) is 1. The molecule has 3 nitrogen and oxygen atoms in total. The summed E-state index contributed by atoms with van der Waals surface area (Å²) < 4.78 is 37.6. The van der Waals surface area contributed by atoms with Crippen LogP contribution in [-0.2, 0) is 6.18 Å². The van der Waals surface area contributed by atoms with Crippen LogP contribution in [0.4, 0.5) is 13.2 Å². The van der Waals surface area contributed by atoms with Crippen LogP contribution in [0, 0.1) is 0 Å². The van der Waals surface area contributed by atoms with Crippen molar-refractivity contribution in [1.82, 2.24) is 10.3 Å². The summed E-state index contributed by atoms with van der Waals surface area (Å²) >= 11 is 3.01. The van der Waals surface area contributed by atoms with Crippen LogP contribution in [0.1, 0.15) is 32.5 Å². The van der Waals surface area contributed by atoms with Gasteiger partial charge in [0.15, 0.2) is 0 Å². The van der Waals surface area contributed by atoms with Gasteiger partial charge in [0.05, 0.1) is 11.6 Å². The Morgan fingerprint density at radius 2 is 2.00 bits per heavy atom. The Hall–Kier alpha value is -2.19. The third kappa shape index (κ3) is 3.65. The van der Waals surface area contributed by atoms with E-state index in [-0.39, 0.29) is 11.6 Å². The van der Waals surface area contributed by atoms with Crippen LogP contribution in [-0.4, -0.2) is 10.9 Å². The molecule has 1 N–H and O–H groups in total. The SMILES string of the molecule is O=C(N[C@H](c1ccsc1)c1cccs1)c1ccc(C(F)(F)F)nc1. The monoisotopic (exact) mass is 368 g/mol. The number of halogens is 3. The van der Waals surface area contributed by atoms with E-state index in [1.54, 1.807) is 0 Å². The van der Waals surface area contributed by atoms with E-state index in [4.69, 9.17) is 0 Å². The molecule has 0 saturated heterocycles. The predicted octanol–water partition coefficient (Wildman–Crippen LogP) is 4.74. The highest BCUT2D eigenvalue weighted by Crippen LogP contribution is 2.29. The number of nitrogens with one attached hydrogen (secondary N) is 1. The van der Waals surface area contributed by atoms with Crippen LogP contribution < -0.4 is 5.32 Å². The number of pyridine rings is 1. The molecule has 24 heavy (non-hydrogen) atoms. The minimum atomic E-state index is -4.52. The first-order valence-electron chi connectivity index (χ1n) is 6.85. The van der Waals surface area contributed by atoms with Crippen molar-refractivity contribution in [2.45, 2.75) is 12.2 Å². The van der Waals surface area contributed by atoms with Crippen LogP contribution in [0.15, 0.2) is 52.7 Å². The summed E-state index contributed by atoms with van der Waals surface area (Å²) in [6, 6.07) is 7.28. The van der Waals surface area contributed by atoms with Gasteiger partial charge < -0.3 is 5.32 Å². The van der Waals surface area contributed by atoms with Crippen molar-refractivity contribution in [3.8, 4) is 0 Å². The molecule has 0 bridgehead atoms. The molecule has 3 aromatic heterocycles. The molecule has 3 rings (SSSR count). The molecule has 0 saturated carbocycles. The number of carbonyl (C=O) groups excluding carboxylic acids is 1. The summed E-state index contributed by atoms with van der Waals surface area (Å²) in [6.07, 6.45) is -3.58. The zero-order chi connectivity index (χ0) is 17.2. The molecule has 0 aliphatic carbocycles. The summed E-state index contributed by atoms with van der Waals surface area (Å²) in [6.45, 7) is 0. The molecule has 0 fully saturated rings. The molecule has 0 spiro atoms. The Balaban J connectivity index is 1.81. The molecule has 3 heterocycles. The van der Waals surface area contributed by atoms with Gasteiger partial charge in [-0.2, -0.15) is 24.5 Å². The molecule has 124 valence electrons. The van der Waals surface area contributed by atoms with Gasteiger partial charge in [-0.15, -0.1) is 11.3 Å². The normalized spacial score (nSPS) is 12.8. The van der Waals surface area contributed by atoms with E-state index in [0.717, 1.165) is 28.8 Å². The second-order valence-electron chi connectivity index (χ2n) is 4.91. The van der Waals surface area contributed by atoms with Crippen molar-refractivity contribution in [2.75, 3.05) is 0 Å². The number of hydrogen-bond acceptors (Lipinski definition) is 4. The maximum absolute atomic E-state index is 12.5. The second kappa shape index (κ2) is 6.74. The number of aromatic nitrogens is 1. The third-order valence-electron chi connectivity index (χ3n) is 3.30. The molecule has 8 heteroatoms. The minimum absolute atomic E-state index is 0.0831. The highest BCUT2D eigenvalue weighted by molar-refractivity contribution is 7.10. The quantitative estimate of drug-likeness (QED) is 0.723. The lowest BCUT2D eigenvalue weighted by Crippen LogP contribution is -2.28. The van der Waals surface area contributed by atoms with Crippen molar-refractivity contribution >= 4 is 28.6 Å². The van der Waals surface area contributed by atoms with Crippen molar-refractivity contribution in [3.63, 3.8) is 0 Å². The predicted molar refractivity (Wildman–Crippen MR) is 87.2 cm³/mol. The highest BCUT2D eigenvalue weighted by atomic mass is 32.1. The van der Waals surface area contributed by atoms with Crippen molar-refractivity contribution in [1.29, 1.82) is 0 Å². The Labute approximate surface area is 143 Å². The van der Waals surface area contributed by atoms with Gasteiger partial charge in [-0.25, -0.2) is 0 Å². The highest BCUT2D eigenvalue weighted by Gasteiger charge is 2.32. The van der Waals surface area contributed by atoms with Crippen LogP contribution in [0.2, 0.25) is 0 Å². The molecule has 3 aromatic rings. The topological polar surface area (TPSA) is 42.0 Å². The molecule has 0 unspecified atom stereocenters. The second-order valence-corrected chi connectivity index (χ2v) is 6.67. The number of amides is 1. The maximum atomic E-state index is 12.5. The summed E-state index contributed by atoms with van der Waals surface area (Å²) in [5.41, 5.74) is -0.0119. The van der Waals surface area contributed by atoms with Crippen molar-refractivity contribution in [3.05, 3.63) is 74.4 Å². The largest absolute Gasteiger partial charge is 0.433 e. The van der Waals surface area contributed by atoms with Crippen molar-refractivity contribution in [2.24, 2.45) is 0 Å². The van der Waals surface area contributed by atoms with Gasteiger partial charge in [0.25, 0.3) is 5.91 Å². The lowest BCUT2D eigenvalue weighted by molar-refractivity contribution is -0.141. The lowest BCUT2D eigenvalue weighted by Gasteiger charge is -2.16.